The fourth-order valence-corrected chi connectivity index (χ4v) is 1.55. The summed E-state index contributed by atoms with van der Waals surface area (Å²) in [6.07, 6.45) is 0.973. The van der Waals surface area contributed by atoms with Gasteiger partial charge in [0.25, 0.3) is 5.91 Å². The average Bonchev–Trinajstić information content (AvgIpc) is 2.27. The van der Waals surface area contributed by atoms with Gasteiger partial charge in [0, 0.05) is 19.3 Å². The molecule has 0 saturated carbocycles. The zero-order chi connectivity index (χ0) is 12.9. The van der Waals surface area contributed by atoms with Crippen molar-refractivity contribution in [2.45, 2.75) is 27.2 Å². The van der Waals surface area contributed by atoms with Crippen molar-refractivity contribution in [2.75, 3.05) is 18.9 Å². The lowest BCUT2D eigenvalue weighted by Gasteiger charge is -2.18. The standard InChI is InChI=1S/C14H22N2O/c1-14(2,3)9-10-16-13(17)11-7-5-6-8-12(11)15-4/h5-8,15H,9-10H2,1-4H3,(H,16,17). The molecule has 0 unspecified atom stereocenters. The van der Waals surface area contributed by atoms with Crippen molar-refractivity contribution < 1.29 is 4.79 Å². The Morgan fingerprint density at radius 3 is 2.47 bits per heavy atom. The summed E-state index contributed by atoms with van der Waals surface area (Å²) in [6, 6.07) is 7.52. The average molecular weight is 234 g/mol. The van der Waals surface area contributed by atoms with Gasteiger partial charge in [0.15, 0.2) is 0 Å². The van der Waals surface area contributed by atoms with Crippen LogP contribution in [-0.2, 0) is 0 Å². The van der Waals surface area contributed by atoms with E-state index in [2.05, 4.69) is 31.4 Å². The highest BCUT2D eigenvalue weighted by Crippen LogP contribution is 2.18. The normalized spacial score (nSPS) is 11.1. The maximum absolute atomic E-state index is 12.0. The molecule has 1 aromatic carbocycles. The van der Waals surface area contributed by atoms with Gasteiger partial charge < -0.3 is 10.6 Å². The van der Waals surface area contributed by atoms with Gasteiger partial charge in [-0.1, -0.05) is 32.9 Å². The third-order valence-electron chi connectivity index (χ3n) is 2.60. The minimum absolute atomic E-state index is 0.0146. The number of anilines is 1. The molecule has 17 heavy (non-hydrogen) atoms. The summed E-state index contributed by atoms with van der Waals surface area (Å²) < 4.78 is 0. The Kier molecular flexibility index (Phi) is 4.55. The van der Waals surface area contributed by atoms with E-state index >= 15 is 0 Å². The fourth-order valence-electron chi connectivity index (χ4n) is 1.55. The van der Waals surface area contributed by atoms with Gasteiger partial charge in [-0.25, -0.2) is 0 Å². The molecule has 2 N–H and O–H groups in total. The van der Waals surface area contributed by atoms with Gasteiger partial charge in [-0.05, 0) is 24.0 Å². The first kappa shape index (κ1) is 13.6. The number of carbonyl (C=O) groups is 1. The largest absolute Gasteiger partial charge is 0.387 e. The van der Waals surface area contributed by atoms with E-state index in [0.717, 1.165) is 12.1 Å². The molecule has 0 radical (unpaired) electrons. The molecule has 94 valence electrons. The molecule has 0 bridgehead atoms. The SMILES string of the molecule is CNc1ccccc1C(=O)NCCC(C)(C)C. The van der Waals surface area contributed by atoms with E-state index in [-0.39, 0.29) is 11.3 Å². The fraction of sp³-hybridized carbons (Fsp3) is 0.500. The molecular formula is C14H22N2O. The van der Waals surface area contributed by atoms with Crippen LogP contribution in [0, 0.1) is 5.41 Å². The van der Waals surface area contributed by atoms with Crippen LogP contribution in [0.25, 0.3) is 0 Å². The van der Waals surface area contributed by atoms with Crippen molar-refractivity contribution in [1.82, 2.24) is 5.32 Å². The molecule has 0 spiro atoms. The lowest BCUT2D eigenvalue weighted by atomic mass is 9.92. The quantitative estimate of drug-likeness (QED) is 0.841. The predicted molar refractivity (Wildman–Crippen MR) is 72.4 cm³/mol. The topological polar surface area (TPSA) is 41.1 Å². The van der Waals surface area contributed by atoms with Crippen LogP contribution in [0.3, 0.4) is 0 Å². The van der Waals surface area contributed by atoms with Crippen LogP contribution in [0.2, 0.25) is 0 Å². The van der Waals surface area contributed by atoms with Crippen molar-refractivity contribution in [1.29, 1.82) is 0 Å². The van der Waals surface area contributed by atoms with Crippen molar-refractivity contribution in [3.63, 3.8) is 0 Å². The Morgan fingerprint density at radius 1 is 1.24 bits per heavy atom. The van der Waals surface area contributed by atoms with Gasteiger partial charge in [0.05, 0.1) is 5.56 Å². The number of benzene rings is 1. The third-order valence-corrected chi connectivity index (χ3v) is 2.60. The highest BCUT2D eigenvalue weighted by atomic mass is 16.1. The molecular weight excluding hydrogens is 212 g/mol. The second-order valence-corrected chi connectivity index (χ2v) is 5.36. The van der Waals surface area contributed by atoms with Crippen LogP contribution in [0.5, 0.6) is 0 Å². The van der Waals surface area contributed by atoms with Gasteiger partial charge in [0.2, 0.25) is 0 Å². The van der Waals surface area contributed by atoms with Gasteiger partial charge >= 0.3 is 0 Å². The minimum Gasteiger partial charge on any atom is -0.387 e. The van der Waals surface area contributed by atoms with E-state index in [9.17, 15) is 4.79 Å². The Morgan fingerprint density at radius 2 is 1.88 bits per heavy atom. The molecule has 1 rings (SSSR count). The monoisotopic (exact) mass is 234 g/mol. The van der Waals surface area contributed by atoms with Crippen LogP contribution in [0.4, 0.5) is 5.69 Å². The second kappa shape index (κ2) is 5.71. The van der Waals surface area contributed by atoms with Crippen LogP contribution in [0.15, 0.2) is 24.3 Å². The highest BCUT2D eigenvalue weighted by molar-refractivity contribution is 5.99. The number of para-hydroxylation sites is 1. The third kappa shape index (κ3) is 4.47. The summed E-state index contributed by atoms with van der Waals surface area (Å²) in [5.41, 5.74) is 1.81. The van der Waals surface area contributed by atoms with Gasteiger partial charge in [0.1, 0.15) is 0 Å². The summed E-state index contributed by atoms with van der Waals surface area (Å²) in [6.45, 7) is 7.21. The lowest BCUT2D eigenvalue weighted by molar-refractivity contribution is 0.0950. The van der Waals surface area contributed by atoms with Crippen LogP contribution in [0.1, 0.15) is 37.6 Å². The molecule has 3 heteroatoms. The molecule has 0 fully saturated rings. The van der Waals surface area contributed by atoms with Gasteiger partial charge in [-0.3, -0.25) is 4.79 Å². The number of carbonyl (C=O) groups excluding carboxylic acids is 1. The molecule has 0 aliphatic carbocycles. The number of rotatable bonds is 4. The van der Waals surface area contributed by atoms with Crippen molar-refractivity contribution >= 4 is 11.6 Å². The molecule has 1 amide bonds. The second-order valence-electron chi connectivity index (χ2n) is 5.36. The maximum Gasteiger partial charge on any atom is 0.253 e. The molecule has 3 nitrogen and oxygen atoms in total. The molecule has 1 aromatic rings. The number of amides is 1. The Balaban J connectivity index is 2.58. The van der Waals surface area contributed by atoms with E-state index in [1.807, 2.05) is 31.3 Å². The van der Waals surface area contributed by atoms with Crippen LogP contribution in [-0.4, -0.2) is 19.5 Å². The van der Waals surface area contributed by atoms with Gasteiger partial charge in [-0.15, -0.1) is 0 Å². The molecule has 0 aliphatic heterocycles. The van der Waals surface area contributed by atoms with Crippen molar-refractivity contribution in [2.24, 2.45) is 5.41 Å². The summed E-state index contributed by atoms with van der Waals surface area (Å²) in [5, 5.41) is 5.97. The Labute approximate surface area is 104 Å². The summed E-state index contributed by atoms with van der Waals surface area (Å²) in [4.78, 5) is 12.0. The number of hydrogen-bond donors (Lipinski definition) is 2. The lowest BCUT2D eigenvalue weighted by Crippen LogP contribution is -2.27. The van der Waals surface area contributed by atoms with E-state index in [0.29, 0.717) is 12.1 Å². The predicted octanol–water partition coefficient (Wildman–Crippen LogP) is 2.89. The Hall–Kier alpha value is -1.51. The zero-order valence-electron chi connectivity index (χ0n) is 11.1. The maximum atomic E-state index is 12.0. The molecule has 0 atom stereocenters. The van der Waals surface area contributed by atoms with E-state index < -0.39 is 0 Å². The van der Waals surface area contributed by atoms with Gasteiger partial charge in [-0.2, -0.15) is 0 Å². The van der Waals surface area contributed by atoms with Crippen molar-refractivity contribution in [3.8, 4) is 0 Å². The Bertz CT molecular complexity index is 380. The summed E-state index contributed by atoms with van der Waals surface area (Å²) >= 11 is 0. The molecule has 0 aliphatic rings. The van der Waals surface area contributed by atoms with E-state index in [4.69, 9.17) is 0 Å². The first-order valence-corrected chi connectivity index (χ1v) is 5.99. The van der Waals surface area contributed by atoms with Crippen LogP contribution < -0.4 is 10.6 Å². The first-order valence-electron chi connectivity index (χ1n) is 5.99. The van der Waals surface area contributed by atoms with Crippen molar-refractivity contribution in [3.05, 3.63) is 29.8 Å². The number of hydrogen-bond acceptors (Lipinski definition) is 2. The smallest absolute Gasteiger partial charge is 0.253 e. The van der Waals surface area contributed by atoms with E-state index in [1.54, 1.807) is 0 Å². The van der Waals surface area contributed by atoms with E-state index in [1.165, 1.54) is 0 Å². The molecule has 0 saturated heterocycles. The minimum atomic E-state index is -0.0146. The highest BCUT2D eigenvalue weighted by Gasteiger charge is 2.12. The molecule has 0 aromatic heterocycles. The molecule has 0 heterocycles. The first-order chi connectivity index (χ1) is 7.94. The summed E-state index contributed by atoms with van der Waals surface area (Å²) in [7, 11) is 1.82. The summed E-state index contributed by atoms with van der Waals surface area (Å²) in [5.74, 6) is -0.0146. The van der Waals surface area contributed by atoms with Crippen LogP contribution >= 0.6 is 0 Å². The number of nitrogens with one attached hydrogen (secondary N) is 2. The zero-order valence-corrected chi connectivity index (χ0v) is 11.1.